The highest BCUT2D eigenvalue weighted by molar-refractivity contribution is 5.87. The van der Waals surface area contributed by atoms with Gasteiger partial charge in [0.05, 0.1) is 18.6 Å². The van der Waals surface area contributed by atoms with Crippen LogP contribution in [0.1, 0.15) is 40.5 Å². The number of hydrogen-bond donors (Lipinski definition) is 2. The van der Waals surface area contributed by atoms with Crippen LogP contribution in [0.25, 0.3) is 0 Å². The number of esters is 1. The number of alkyl halides is 3. The van der Waals surface area contributed by atoms with Gasteiger partial charge in [0.25, 0.3) is 0 Å². The van der Waals surface area contributed by atoms with E-state index in [0.717, 1.165) is 13.8 Å². The molecule has 0 aromatic heterocycles. The van der Waals surface area contributed by atoms with Crippen LogP contribution in [0.4, 0.5) is 13.2 Å². The van der Waals surface area contributed by atoms with Crippen LogP contribution in [-0.2, 0) is 14.3 Å². The number of methoxy groups -OCH3 is 1. The van der Waals surface area contributed by atoms with Gasteiger partial charge in [-0.1, -0.05) is 27.7 Å². The van der Waals surface area contributed by atoms with E-state index in [9.17, 15) is 22.8 Å². The van der Waals surface area contributed by atoms with E-state index in [1.54, 1.807) is 0 Å². The molecule has 2 unspecified atom stereocenters. The normalized spacial score (nSPS) is 15.4. The average molecular weight is 326 g/mol. The Balaban J connectivity index is 4.84. The number of hydrogen-bond acceptors (Lipinski definition) is 4. The van der Waals surface area contributed by atoms with Crippen molar-refractivity contribution in [1.29, 1.82) is 0 Å². The van der Waals surface area contributed by atoms with Gasteiger partial charge >= 0.3 is 12.1 Å². The fourth-order valence-corrected chi connectivity index (χ4v) is 1.86. The molecule has 0 spiro atoms. The Hall–Kier alpha value is -1.31. The lowest BCUT2D eigenvalue weighted by Gasteiger charge is -2.30. The molecule has 2 atom stereocenters. The number of halogens is 3. The summed E-state index contributed by atoms with van der Waals surface area (Å²) in [5, 5.41) is 2.37. The molecular weight excluding hydrogens is 301 g/mol. The summed E-state index contributed by atoms with van der Waals surface area (Å²) in [6.45, 7) is 5.64. The predicted molar refractivity (Wildman–Crippen MR) is 75.8 cm³/mol. The first-order valence-electron chi connectivity index (χ1n) is 7.02. The van der Waals surface area contributed by atoms with Crippen LogP contribution in [-0.4, -0.2) is 37.2 Å². The lowest BCUT2D eigenvalue weighted by atomic mass is 9.85. The maximum Gasteiger partial charge on any atom is 0.394 e. The van der Waals surface area contributed by atoms with E-state index < -0.39 is 42.0 Å². The maximum atomic E-state index is 12.8. The van der Waals surface area contributed by atoms with Gasteiger partial charge in [0.2, 0.25) is 5.91 Å². The van der Waals surface area contributed by atoms with Crippen LogP contribution in [0.2, 0.25) is 0 Å². The van der Waals surface area contributed by atoms with Crippen LogP contribution in [0.3, 0.4) is 0 Å². The van der Waals surface area contributed by atoms with Gasteiger partial charge in [-0.15, -0.1) is 0 Å². The van der Waals surface area contributed by atoms with Gasteiger partial charge in [-0.05, 0) is 18.8 Å². The van der Waals surface area contributed by atoms with Crippen molar-refractivity contribution in [2.24, 2.45) is 17.1 Å². The summed E-state index contributed by atoms with van der Waals surface area (Å²) >= 11 is 0. The Bertz CT molecular complexity index is 395. The average Bonchev–Trinajstić information content (AvgIpc) is 2.34. The highest BCUT2D eigenvalue weighted by Gasteiger charge is 2.48. The van der Waals surface area contributed by atoms with Crippen molar-refractivity contribution in [1.82, 2.24) is 5.32 Å². The summed E-state index contributed by atoms with van der Waals surface area (Å²) < 4.78 is 43.0. The zero-order valence-corrected chi connectivity index (χ0v) is 13.6. The summed E-state index contributed by atoms with van der Waals surface area (Å²) in [6.07, 6.45) is -4.73. The molecule has 22 heavy (non-hydrogen) atoms. The summed E-state index contributed by atoms with van der Waals surface area (Å²) in [5.41, 5.74) is 3.46. The summed E-state index contributed by atoms with van der Waals surface area (Å²) in [5.74, 6) is -1.36. The van der Waals surface area contributed by atoms with E-state index in [1.165, 1.54) is 7.11 Å². The standard InChI is InChI=1S/C14H25F3N2O3/c1-8(2)6-10(12(21)22-5)19-11(20)9(18)7-13(3,4)14(15,16)17/h8-10H,6-7,18H2,1-5H3,(H,19,20). The minimum Gasteiger partial charge on any atom is -0.467 e. The molecule has 130 valence electrons. The van der Waals surface area contributed by atoms with Crippen LogP contribution >= 0.6 is 0 Å². The summed E-state index contributed by atoms with van der Waals surface area (Å²) in [6, 6.07) is -2.28. The van der Waals surface area contributed by atoms with Crippen LogP contribution < -0.4 is 11.1 Å². The van der Waals surface area contributed by atoms with Gasteiger partial charge in [0.15, 0.2) is 0 Å². The SMILES string of the molecule is COC(=O)C(CC(C)C)NC(=O)C(N)CC(C)(C)C(F)(F)F. The second kappa shape index (κ2) is 7.80. The fraction of sp³-hybridized carbons (Fsp3) is 0.857. The summed E-state index contributed by atoms with van der Waals surface area (Å²) in [7, 11) is 1.18. The van der Waals surface area contributed by atoms with E-state index >= 15 is 0 Å². The molecule has 0 aliphatic heterocycles. The number of nitrogens with two attached hydrogens (primary N) is 1. The van der Waals surface area contributed by atoms with E-state index in [2.05, 4.69) is 10.1 Å². The molecule has 0 aliphatic rings. The quantitative estimate of drug-likeness (QED) is 0.701. The van der Waals surface area contributed by atoms with Crippen LogP contribution in [0.15, 0.2) is 0 Å². The number of ether oxygens (including phenoxy) is 1. The van der Waals surface area contributed by atoms with Gasteiger partial charge in [0, 0.05) is 0 Å². The summed E-state index contributed by atoms with van der Waals surface area (Å²) in [4.78, 5) is 23.5. The van der Waals surface area contributed by atoms with Gasteiger partial charge in [-0.25, -0.2) is 4.79 Å². The highest BCUT2D eigenvalue weighted by Crippen LogP contribution is 2.40. The van der Waals surface area contributed by atoms with Crippen molar-refractivity contribution in [3.05, 3.63) is 0 Å². The van der Waals surface area contributed by atoms with Crippen molar-refractivity contribution in [2.45, 2.75) is 58.8 Å². The third-order valence-electron chi connectivity index (χ3n) is 3.34. The van der Waals surface area contributed by atoms with E-state index in [0.29, 0.717) is 6.42 Å². The van der Waals surface area contributed by atoms with Crippen molar-refractivity contribution >= 4 is 11.9 Å². The minimum absolute atomic E-state index is 0.0900. The first-order valence-corrected chi connectivity index (χ1v) is 7.02. The molecule has 0 aliphatic carbocycles. The van der Waals surface area contributed by atoms with Crippen LogP contribution in [0, 0.1) is 11.3 Å². The molecule has 1 amide bonds. The topological polar surface area (TPSA) is 81.4 Å². The third kappa shape index (κ3) is 6.21. The maximum absolute atomic E-state index is 12.8. The van der Waals surface area contributed by atoms with Gasteiger partial charge < -0.3 is 15.8 Å². The van der Waals surface area contributed by atoms with Gasteiger partial charge in [-0.2, -0.15) is 13.2 Å². The molecule has 3 N–H and O–H groups in total. The lowest BCUT2D eigenvalue weighted by Crippen LogP contribution is -2.51. The number of amides is 1. The molecule has 0 bridgehead atoms. The second-order valence-electron chi connectivity index (χ2n) is 6.41. The Labute approximate surface area is 128 Å². The fourth-order valence-electron chi connectivity index (χ4n) is 1.86. The molecule has 0 radical (unpaired) electrons. The molecule has 0 saturated heterocycles. The minimum atomic E-state index is -4.47. The Morgan fingerprint density at radius 2 is 1.73 bits per heavy atom. The van der Waals surface area contributed by atoms with Crippen molar-refractivity contribution in [3.8, 4) is 0 Å². The molecule has 0 aromatic rings. The van der Waals surface area contributed by atoms with E-state index in [4.69, 9.17) is 5.73 Å². The predicted octanol–water partition coefficient (Wildman–Crippen LogP) is 2.00. The first kappa shape index (κ1) is 20.7. The number of nitrogens with one attached hydrogen (secondary N) is 1. The Kier molecular flexibility index (Phi) is 7.34. The Morgan fingerprint density at radius 3 is 2.09 bits per heavy atom. The van der Waals surface area contributed by atoms with Gasteiger partial charge in [0.1, 0.15) is 6.04 Å². The monoisotopic (exact) mass is 326 g/mol. The highest BCUT2D eigenvalue weighted by atomic mass is 19.4. The molecule has 0 rings (SSSR count). The molecule has 5 nitrogen and oxygen atoms in total. The Morgan fingerprint density at radius 1 is 1.23 bits per heavy atom. The second-order valence-corrected chi connectivity index (χ2v) is 6.41. The van der Waals surface area contributed by atoms with E-state index in [-0.39, 0.29) is 5.92 Å². The van der Waals surface area contributed by atoms with Crippen LogP contribution in [0.5, 0.6) is 0 Å². The number of carbonyl (C=O) groups is 2. The molecule has 0 heterocycles. The molecule has 0 saturated carbocycles. The molecule has 8 heteroatoms. The van der Waals surface area contributed by atoms with Crippen molar-refractivity contribution in [2.75, 3.05) is 7.11 Å². The lowest BCUT2D eigenvalue weighted by molar-refractivity contribution is -0.214. The number of rotatable bonds is 7. The van der Waals surface area contributed by atoms with Crippen molar-refractivity contribution < 1.29 is 27.5 Å². The zero-order valence-electron chi connectivity index (χ0n) is 13.6. The molecular formula is C14H25F3N2O3. The van der Waals surface area contributed by atoms with Crippen molar-refractivity contribution in [3.63, 3.8) is 0 Å². The third-order valence-corrected chi connectivity index (χ3v) is 3.34. The first-order chi connectivity index (χ1) is 9.81. The molecule has 0 fully saturated rings. The molecule has 0 aromatic carbocycles. The number of carbonyl (C=O) groups excluding carboxylic acids is 2. The van der Waals surface area contributed by atoms with Gasteiger partial charge in [-0.3, -0.25) is 4.79 Å². The zero-order chi connectivity index (χ0) is 17.7. The van der Waals surface area contributed by atoms with E-state index in [1.807, 2.05) is 13.8 Å². The smallest absolute Gasteiger partial charge is 0.394 e. The largest absolute Gasteiger partial charge is 0.467 e.